The SMILES string of the molecule is Cc1cc(COc2c(C)ccc(N)c2C)n(C)n1. The number of aryl methyl sites for hydroxylation is 3. The third-order valence-corrected chi connectivity index (χ3v) is 3.11. The van der Waals surface area contributed by atoms with Crippen molar-refractivity contribution >= 4 is 5.69 Å². The number of nitrogen functional groups attached to an aromatic ring is 1. The topological polar surface area (TPSA) is 53.1 Å². The van der Waals surface area contributed by atoms with E-state index in [0.29, 0.717) is 6.61 Å². The van der Waals surface area contributed by atoms with Crippen molar-refractivity contribution in [2.24, 2.45) is 7.05 Å². The predicted molar refractivity (Wildman–Crippen MR) is 72.6 cm³/mol. The molecular weight excluding hydrogens is 226 g/mol. The van der Waals surface area contributed by atoms with E-state index in [1.807, 2.05) is 50.7 Å². The minimum Gasteiger partial charge on any atom is -0.487 e. The summed E-state index contributed by atoms with van der Waals surface area (Å²) in [6.45, 7) is 6.48. The Bertz CT molecular complexity index is 573. The number of nitrogens with zero attached hydrogens (tertiary/aromatic N) is 2. The highest BCUT2D eigenvalue weighted by Gasteiger charge is 2.09. The van der Waals surface area contributed by atoms with Crippen molar-refractivity contribution in [2.75, 3.05) is 5.73 Å². The smallest absolute Gasteiger partial charge is 0.130 e. The number of hydrogen-bond acceptors (Lipinski definition) is 3. The fourth-order valence-corrected chi connectivity index (χ4v) is 2.01. The van der Waals surface area contributed by atoms with Gasteiger partial charge in [0.2, 0.25) is 0 Å². The molecule has 1 aromatic heterocycles. The van der Waals surface area contributed by atoms with Crippen LogP contribution in [-0.2, 0) is 13.7 Å². The minimum atomic E-state index is 0.502. The Kier molecular flexibility index (Phi) is 3.28. The van der Waals surface area contributed by atoms with Gasteiger partial charge >= 0.3 is 0 Å². The van der Waals surface area contributed by atoms with E-state index in [4.69, 9.17) is 10.5 Å². The van der Waals surface area contributed by atoms with Gasteiger partial charge in [0.1, 0.15) is 12.4 Å². The summed E-state index contributed by atoms with van der Waals surface area (Å²) in [7, 11) is 1.92. The van der Waals surface area contributed by atoms with Crippen LogP contribution in [0.4, 0.5) is 5.69 Å². The molecule has 0 saturated heterocycles. The Balaban J connectivity index is 2.20. The molecule has 0 amide bonds. The molecule has 0 saturated carbocycles. The van der Waals surface area contributed by atoms with Crippen LogP contribution >= 0.6 is 0 Å². The van der Waals surface area contributed by atoms with Crippen LogP contribution in [0.1, 0.15) is 22.5 Å². The maximum atomic E-state index is 5.89. The second kappa shape index (κ2) is 4.72. The van der Waals surface area contributed by atoms with Gasteiger partial charge in [0.05, 0.1) is 11.4 Å². The molecule has 2 rings (SSSR count). The van der Waals surface area contributed by atoms with Crippen molar-refractivity contribution in [3.05, 3.63) is 40.7 Å². The van der Waals surface area contributed by atoms with Gasteiger partial charge < -0.3 is 10.5 Å². The number of ether oxygens (including phenoxy) is 1. The largest absolute Gasteiger partial charge is 0.487 e. The molecule has 0 unspecified atom stereocenters. The molecule has 4 heteroatoms. The summed E-state index contributed by atoms with van der Waals surface area (Å²) in [6.07, 6.45) is 0. The maximum absolute atomic E-state index is 5.89. The zero-order valence-corrected chi connectivity index (χ0v) is 11.3. The van der Waals surface area contributed by atoms with Gasteiger partial charge in [-0.15, -0.1) is 0 Å². The van der Waals surface area contributed by atoms with Crippen LogP contribution < -0.4 is 10.5 Å². The summed E-state index contributed by atoms with van der Waals surface area (Å²) in [5, 5.41) is 4.30. The van der Waals surface area contributed by atoms with Crippen LogP contribution in [0.2, 0.25) is 0 Å². The number of hydrogen-bond donors (Lipinski definition) is 1. The van der Waals surface area contributed by atoms with E-state index in [1.165, 1.54) is 0 Å². The number of nitrogens with two attached hydrogens (primary N) is 1. The van der Waals surface area contributed by atoms with Crippen molar-refractivity contribution in [1.29, 1.82) is 0 Å². The van der Waals surface area contributed by atoms with Gasteiger partial charge in [-0.3, -0.25) is 4.68 Å². The zero-order valence-electron chi connectivity index (χ0n) is 11.3. The van der Waals surface area contributed by atoms with Crippen LogP contribution in [0.15, 0.2) is 18.2 Å². The van der Waals surface area contributed by atoms with Gasteiger partial charge in [-0.2, -0.15) is 5.10 Å². The predicted octanol–water partition coefficient (Wildman–Crippen LogP) is 2.51. The Morgan fingerprint density at radius 1 is 1.28 bits per heavy atom. The Hall–Kier alpha value is -1.97. The molecule has 18 heavy (non-hydrogen) atoms. The molecule has 1 aromatic carbocycles. The summed E-state index contributed by atoms with van der Waals surface area (Å²) < 4.78 is 7.73. The van der Waals surface area contributed by atoms with Crippen molar-refractivity contribution in [3.63, 3.8) is 0 Å². The summed E-state index contributed by atoms with van der Waals surface area (Å²) in [5.74, 6) is 0.869. The summed E-state index contributed by atoms with van der Waals surface area (Å²) in [4.78, 5) is 0. The Morgan fingerprint density at radius 3 is 2.61 bits per heavy atom. The fourth-order valence-electron chi connectivity index (χ4n) is 2.01. The second-order valence-corrected chi connectivity index (χ2v) is 4.62. The van der Waals surface area contributed by atoms with Crippen LogP contribution in [0, 0.1) is 20.8 Å². The van der Waals surface area contributed by atoms with Gasteiger partial charge in [0.25, 0.3) is 0 Å². The monoisotopic (exact) mass is 245 g/mol. The molecule has 2 N–H and O–H groups in total. The average Bonchev–Trinajstić information content (AvgIpc) is 2.63. The van der Waals surface area contributed by atoms with Gasteiger partial charge in [-0.1, -0.05) is 6.07 Å². The van der Waals surface area contributed by atoms with E-state index in [2.05, 4.69) is 5.10 Å². The van der Waals surface area contributed by atoms with Crippen molar-refractivity contribution in [3.8, 4) is 5.75 Å². The highest BCUT2D eigenvalue weighted by molar-refractivity contribution is 5.56. The molecule has 0 bridgehead atoms. The van der Waals surface area contributed by atoms with E-state index < -0.39 is 0 Å². The van der Waals surface area contributed by atoms with Crippen LogP contribution in [0.5, 0.6) is 5.75 Å². The lowest BCUT2D eigenvalue weighted by atomic mass is 10.1. The van der Waals surface area contributed by atoms with Crippen molar-refractivity contribution in [2.45, 2.75) is 27.4 Å². The standard InChI is InChI=1S/C14H19N3O/c1-9-5-6-13(15)11(3)14(9)18-8-12-7-10(2)16-17(12)4/h5-7H,8,15H2,1-4H3. The number of anilines is 1. The molecule has 1 heterocycles. The van der Waals surface area contributed by atoms with E-state index in [1.54, 1.807) is 0 Å². The molecule has 0 radical (unpaired) electrons. The van der Waals surface area contributed by atoms with Gasteiger partial charge in [0, 0.05) is 18.3 Å². The third-order valence-electron chi connectivity index (χ3n) is 3.11. The first kappa shape index (κ1) is 12.5. The molecule has 0 atom stereocenters. The lowest BCUT2D eigenvalue weighted by Crippen LogP contribution is -2.05. The first-order valence-corrected chi connectivity index (χ1v) is 5.97. The number of rotatable bonds is 3. The molecule has 0 aliphatic rings. The molecule has 0 fully saturated rings. The van der Waals surface area contributed by atoms with E-state index >= 15 is 0 Å². The first-order chi connectivity index (χ1) is 8.49. The van der Waals surface area contributed by atoms with Crippen molar-refractivity contribution in [1.82, 2.24) is 9.78 Å². The normalized spacial score (nSPS) is 10.7. The first-order valence-electron chi connectivity index (χ1n) is 5.97. The van der Waals surface area contributed by atoms with Crippen molar-refractivity contribution < 1.29 is 4.74 Å². The van der Waals surface area contributed by atoms with Gasteiger partial charge in [-0.25, -0.2) is 0 Å². The summed E-state index contributed by atoms with van der Waals surface area (Å²) >= 11 is 0. The lowest BCUT2D eigenvalue weighted by molar-refractivity contribution is 0.291. The van der Waals surface area contributed by atoms with Crippen LogP contribution in [0.25, 0.3) is 0 Å². The zero-order chi connectivity index (χ0) is 13.3. The molecule has 0 spiro atoms. The molecule has 96 valence electrons. The maximum Gasteiger partial charge on any atom is 0.130 e. The molecule has 0 aliphatic heterocycles. The van der Waals surface area contributed by atoms with E-state index in [-0.39, 0.29) is 0 Å². The lowest BCUT2D eigenvalue weighted by Gasteiger charge is -2.13. The van der Waals surface area contributed by atoms with Crippen LogP contribution in [0.3, 0.4) is 0 Å². The quantitative estimate of drug-likeness (QED) is 0.845. The Labute approximate surface area is 107 Å². The fraction of sp³-hybridized carbons (Fsp3) is 0.357. The van der Waals surface area contributed by atoms with Gasteiger partial charge in [-0.05, 0) is 38.5 Å². The average molecular weight is 245 g/mol. The highest BCUT2D eigenvalue weighted by Crippen LogP contribution is 2.28. The van der Waals surface area contributed by atoms with Crippen LogP contribution in [-0.4, -0.2) is 9.78 Å². The number of benzene rings is 1. The highest BCUT2D eigenvalue weighted by atomic mass is 16.5. The summed E-state index contributed by atoms with van der Waals surface area (Å²) in [6, 6.07) is 5.91. The molecule has 4 nitrogen and oxygen atoms in total. The molecular formula is C14H19N3O. The van der Waals surface area contributed by atoms with E-state index in [9.17, 15) is 0 Å². The Morgan fingerprint density at radius 2 is 2.00 bits per heavy atom. The third kappa shape index (κ3) is 2.32. The van der Waals surface area contributed by atoms with E-state index in [0.717, 1.165) is 34.0 Å². The summed E-state index contributed by atoms with van der Waals surface area (Å²) in [5.41, 5.74) is 10.8. The molecule has 2 aromatic rings. The minimum absolute atomic E-state index is 0.502. The molecule has 0 aliphatic carbocycles. The number of aromatic nitrogens is 2. The second-order valence-electron chi connectivity index (χ2n) is 4.62. The van der Waals surface area contributed by atoms with Gasteiger partial charge in [0.15, 0.2) is 0 Å².